The molecule has 0 saturated heterocycles. The Morgan fingerprint density at radius 3 is 2.38 bits per heavy atom. The molecule has 4 nitrogen and oxygen atoms in total. The molecule has 1 heterocycles. The standard InChI is InChI=1S/C15H17ClN2O2S/c1-3-11(2)12-4-7-14(8-5-12)21(19,20)18-15-9-6-13(16)10-17-15/h4-11H,3H2,1-2H3,(H,17,18)/t11-/m0/s1. The summed E-state index contributed by atoms with van der Waals surface area (Å²) in [5.74, 6) is 0.651. The summed E-state index contributed by atoms with van der Waals surface area (Å²) >= 11 is 5.72. The van der Waals surface area contributed by atoms with Crippen LogP contribution < -0.4 is 4.72 Å². The largest absolute Gasteiger partial charge is 0.263 e. The zero-order chi connectivity index (χ0) is 15.5. The average Bonchev–Trinajstić information content (AvgIpc) is 2.49. The van der Waals surface area contributed by atoms with Gasteiger partial charge < -0.3 is 0 Å². The Morgan fingerprint density at radius 2 is 1.86 bits per heavy atom. The van der Waals surface area contributed by atoms with Crippen molar-refractivity contribution in [2.45, 2.75) is 31.1 Å². The first-order valence-corrected chi connectivity index (χ1v) is 8.53. The van der Waals surface area contributed by atoms with Crippen LogP contribution in [0.25, 0.3) is 0 Å². The molecule has 0 aliphatic heterocycles. The number of pyridine rings is 1. The fourth-order valence-electron chi connectivity index (χ4n) is 1.84. The Kier molecular flexibility index (Phi) is 4.85. The molecular weight excluding hydrogens is 308 g/mol. The molecule has 21 heavy (non-hydrogen) atoms. The molecule has 0 fully saturated rings. The molecule has 6 heteroatoms. The van der Waals surface area contributed by atoms with Crippen molar-refractivity contribution in [1.82, 2.24) is 4.98 Å². The Morgan fingerprint density at radius 1 is 1.19 bits per heavy atom. The van der Waals surface area contributed by atoms with Crippen LogP contribution in [0.15, 0.2) is 47.5 Å². The predicted octanol–water partition coefficient (Wildman–Crippen LogP) is 4.05. The molecule has 1 aromatic carbocycles. The number of halogens is 1. The highest BCUT2D eigenvalue weighted by Gasteiger charge is 2.15. The van der Waals surface area contributed by atoms with Gasteiger partial charge in [-0.15, -0.1) is 0 Å². The monoisotopic (exact) mass is 324 g/mol. The van der Waals surface area contributed by atoms with E-state index in [4.69, 9.17) is 11.6 Å². The normalized spacial score (nSPS) is 12.9. The van der Waals surface area contributed by atoms with Gasteiger partial charge in [0.15, 0.2) is 0 Å². The Hall–Kier alpha value is -1.59. The molecule has 0 unspecified atom stereocenters. The van der Waals surface area contributed by atoms with Gasteiger partial charge in [-0.05, 0) is 42.2 Å². The van der Waals surface area contributed by atoms with Crippen molar-refractivity contribution in [3.8, 4) is 0 Å². The van der Waals surface area contributed by atoms with Crippen LogP contribution in [0.5, 0.6) is 0 Å². The van der Waals surface area contributed by atoms with Crippen molar-refractivity contribution in [1.29, 1.82) is 0 Å². The van der Waals surface area contributed by atoms with Gasteiger partial charge in [0.1, 0.15) is 5.82 Å². The first-order chi connectivity index (χ1) is 9.92. The molecule has 0 aliphatic carbocycles. The van der Waals surface area contributed by atoms with Crippen LogP contribution >= 0.6 is 11.6 Å². The van der Waals surface area contributed by atoms with E-state index in [1.807, 2.05) is 12.1 Å². The van der Waals surface area contributed by atoms with Gasteiger partial charge in [-0.3, -0.25) is 4.72 Å². The summed E-state index contributed by atoms with van der Waals surface area (Å²) in [6, 6.07) is 10.0. The maximum atomic E-state index is 12.3. The summed E-state index contributed by atoms with van der Waals surface area (Å²) in [7, 11) is -3.63. The van der Waals surface area contributed by atoms with Crippen LogP contribution in [-0.2, 0) is 10.0 Å². The number of nitrogens with one attached hydrogen (secondary N) is 1. The molecular formula is C15H17ClN2O2S. The maximum Gasteiger partial charge on any atom is 0.263 e. The second-order valence-electron chi connectivity index (χ2n) is 4.85. The predicted molar refractivity (Wildman–Crippen MR) is 85.2 cm³/mol. The zero-order valence-electron chi connectivity index (χ0n) is 11.9. The van der Waals surface area contributed by atoms with E-state index in [0.717, 1.165) is 12.0 Å². The summed E-state index contributed by atoms with van der Waals surface area (Å²) in [5.41, 5.74) is 1.13. The van der Waals surface area contributed by atoms with Crippen molar-refractivity contribution in [2.24, 2.45) is 0 Å². The minimum atomic E-state index is -3.63. The summed E-state index contributed by atoms with van der Waals surface area (Å²) in [5, 5.41) is 0.454. The molecule has 0 saturated carbocycles. The van der Waals surface area contributed by atoms with E-state index in [0.29, 0.717) is 10.9 Å². The summed E-state index contributed by atoms with van der Waals surface area (Å²) in [6.45, 7) is 4.21. The molecule has 0 radical (unpaired) electrons. The first-order valence-electron chi connectivity index (χ1n) is 6.66. The highest BCUT2D eigenvalue weighted by atomic mass is 35.5. The van der Waals surface area contributed by atoms with Crippen LogP contribution in [0.1, 0.15) is 31.7 Å². The molecule has 0 aliphatic rings. The lowest BCUT2D eigenvalue weighted by molar-refractivity contribution is 0.601. The minimum absolute atomic E-state index is 0.214. The summed E-state index contributed by atoms with van der Waals surface area (Å²) < 4.78 is 26.9. The lowest BCUT2D eigenvalue weighted by Gasteiger charge is -2.11. The van der Waals surface area contributed by atoms with Crippen LogP contribution in [0, 0.1) is 0 Å². The number of hydrogen-bond acceptors (Lipinski definition) is 3. The van der Waals surface area contributed by atoms with Crippen molar-refractivity contribution < 1.29 is 8.42 Å². The van der Waals surface area contributed by atoms with Gasteiger partial charge >= 0.3 is 0 Å². The van der Waals surface area contributed by atoms with Gasteiger partial charge in [-0.2, -0.15) is 0 Å². The molecule has 0 spiro atoms. The van der Waals surface area contributed by atoms with E-state index in [-0.39, 0.29) is 10.7 Å². The number of aromatic nitrogens is 1. The second kappa shape index (κ2) is 6.45. The van der Waals surface area contributed by atoms with Crippen molar-refractivity contribution in [3.05, 3.63) is 53.2 Å². The molecule has 1 N–H and O–H groups in total. The SMILES string of the molecule is CC[C@H](C)c1ccc(S(=O)(=O)Nc2ccc(Cl)cn2)cc1. The van der Waals surface area contributed by atoms with Gasteiger partial charge in [-0.25, -0.2) is 13.4 Å². The molecule has 2 rings (SSSR count). The number of benzene rings is 1. The van der Waals surface area contributed by atoms with Gasteiger partial charge in [-0.1, -0.05) is 37.6 Å². The topological polar surface area (TPSA) is 59.1 Å². The highest BCUT2D eigenvalue weighted by Crippen LogP contribution is 2.21. The summed E-state index contributed by atoms with van der Waals surface area (Å²) in [6.07, 6.45) is 2.41. The lowest BCUT2D eigenvalue weighted by atomic mass is 9.99. The number of hydrogen-bond donors (Lipinski definition) is 1. The smallest absolute Gasteiger partial charge is 0.263 e. The van der Waals surface area contributed by atoms with Gasteiger partial charge in [0, 0.05) is 6.20 Å². The molecule has 2 aromatic rings. The van der Waals surface area contributed by atoms with Crippen molar-refractivity contribution in [2.75, 3.05) is 4.72 Å². The van der Waals surface area contributed by atoms with E-state index in [2.05, 4.69) is 23.6 Å². The van der Waals surface area contributed by atoms with Crippen molar-refractivity contribution >= 4 is 27.4 Å². The van der Waals surface area contributed by atoms with E-state index in [1.165, 1.54) is 12.3 Å². The third-order valence-electron chi connectivity index (χ3n) is 3.34. The van der Waals surface area contributed by atoms with Gasteiger partial charge in [0.05, 0.1) is 9.92 Å². The molecule has 1 aromatic heterocycles. The van der Waals surface area contributed by atoms with Crippen LogP contribution in [-0.4, -0.2) is 13.4 Å². The summed E-state index contributed by atoms with van der Waals surface area (Å²) in [4.78, 5) is 4.14. The highest BCUT2D eigenvalue weighted by molar-refractivity contribution is 7.92. The van der Waals surface area contributed by atoms with E-state index >= 15 is 0 Å². The zero-order valence-corrected chi connectivity index (χ0v) is 13.4. The van der Waals surface area contributed by atoms with Gasteiger partial charge in [0.2, 0.25) is 0 Å². The molecule has 0 bridgehead atoms. The average molecular weight is 325 g/mol. The molecule has 0 amide bonds. The van der Waals surface area contributed by atoms with E-state index < -0.39 is 10.0 Å². The second-order valence-corrected chi connectivity index (χ2v) is 6.96. The number of anilines is 1. The minimum Gasteiger partial charge on any atom is -0.263 e. The number of sulfonamides is 1. The van der Waals surface area contributed by atoms with Crippen LogP contribution in [0.3, 0.4) is 0 Å². The first kappa shape index (κ1) is 15.8. The quantitative estimate of drug-likeness (QED) is 0.902. The van der Waals surface area contributed by atoms with E-state index in [9.17, 15) is 8.42 Å². The maximum absolute atomic E-state index is 12.3. The van der Waals surface area contributed by atoms with Crippen LogP contribution in [0.4, 0.5) is 5.82 Å². The third-order valence-corrected chi connectivity index (χ3v) is 4.93. The van der Waals surface area contributed by atoms with Crippen LogP contribution in [0.2, 0.25) is 5.02 Å². The van der Waals surface area contributed by atoms with Gasteiger partial charge in [0.25, 0.3) is 10.0 Å². The molecule has 1 atom stereocenters. The van der Waals surface area contributed by atoms with Crippen molar-refractivity contribution in [3.63, 3.8) is 0 Å². The Balaban J connectivity index is 2.21. The van der Waals surface area contributed by atoms with E-state index in [1.54, 1.807) is 18.2 Å². The molecule has 112 valence electrons. The Labute approximate surface area is 130 Å². The Bertz CT molecular complexity index is 697. The number of rotatable bonds is 5. The fourth-order valence-corrected chi connectivity index (χ4v) is 2.96. The third kappa shape index (κ3) is 3.95. The fraction of sp³-hybridized carbons (Fsp3) is 0.267. The lowest BCUT2D eigenvalue weighted by Crippen LogP contribution is -2.13. The number of nitrogens with zero attached hydrogens (tertiary/aromatic N) is 1.